The van der Waals surface area contributed by atoms with Crippen LogP contribution in [0.25, 0.3) is 0 Å². The van der Waals surface area contributed by atoms with E-state index in [9.17, 15) is 27.1 Å². The number of benzene rings is 1. The highest BCUT2D eigenvalue weighted by atomic mass is 19.4. The summed E-state index contributed by atoms with van der Waals surface area (Å²) >= 11 is 0. The van der Waals surface area contributed by atoms with Crippen LogP contribution in [0.15, 0.2) is 18.2 Å². The van der Waals surface area contributed by atoms with Crippen molar-refractivity contribution < 1.29 is 27.1 Å². The first kappa shape index (κ1) is 15.8. The topological polar surface area (TPSA) is 23.5 Å². The Morgan fingerprint density at radius 1 is 1.26 bits per heavy atom. The summed E-state index contributed by atoms with van der Waals surface area (Å²) in [5.41, 5.74) is -0.347. The molecule has 2 nitrogen and oxygen atoms in total. The molecule has 0 aliphatic rings. The number of nitrogens with zero attached hydrogens (tertiary/aromatic N) is 1. The zero-order chi connectivity index (χ0) is 14.6. The molecule has 1 aromatic carbocycles. The number of hydrogen-bond acceptors (Lipinski definition) is 2. The first-order valence-electron chi connectivity index (χ1n) is 5.65. The van der Waals surface area contributed by atoms with E-state index in [1.165, 1.54) is 13.0 Å². The maximum Gasteiger partial charge on any atom is 0.401 e. The highest BCUT2D eigenvalue weighted by Crippen LogP contribution is 2.22. The standard InChI is InChI=1S/C12H14F5NO/c1-2-18(7-12(15,16)17)6-10(19)8-4-3-5-9(13)11(8)14/h3-5,10,19H,2,6-7H2,1H3. The Kier molecular flexibility index (Phi) is 5.25. The van der Waals surface area contributed by atoms with Crippen LogP contribution in [0.1, 0.15) is 18.6 Å². The molecule has 0 heterocycles. The largest absolute Gasteiger partial charge is 0.401 e. The molecule has 0 bridgehead atoms. The van der Waals surface area contributed by atoms with Gasteiger partial charge in [0, 0.05) is 12.1 Å². The van der Waals surface area contributed by atoms with E-state index in [4.69, 9.17) is 0 Å². The van der Waals surface area contributed by atoms with Crippen molar-refractivity contribution in [2.75, 3.05) is 19.6 Å². The molecule has 0 amide bonds. The zero-order valence-electron chi connectivity index (χ0n) is 10.2. The van der Waals surface area contributed by atoms with E-state index in [1.807, 2.05) is 0 Å². The monoisotopic (exact) mass is 283 g/mol. The summed E-state index contributed by atoms with van der Waals surface area (Å²) in [6.07, 6.45) is -5.92. The van der Waals surface area contributed by atoms with E-state index in [2.05, 4.69) is 0 Å². The van der Waals surface area contributed by atoms with Crippen LogP contribution < -0.4 is 0 Å². The summed E-state index contributed by atoms with van der Waals surface area (Å²) in [6.45, 7) is -0.109. The lowest BCUT2D eigenvalue weighted by atomic mass is 10.1. The van der Waals surface area contributed by atoms with E-state index in [-0.39, 0.29) is 12.1 Å². The Morgan fingerprint density at radius 3 is 2.42 bits per heavy atom. The summed E-state index contributed by atoms with van der Waals surface area (Å²) in [5, 5.41) is 9.71. The molecule has 108 valence electrons. The average molecular weight is 283 g/mol. The molecule has 0 spiro atoms. The number of aliphatic hydroxyl groups is 1. The van der Waals surface area contributed by atoms with Crippen molar-refractivity contribution in [3.05, 3.63) is 35.4 Å². The second-order valence-corrected chi connectivity index (χ2v) is 4.10. The van der Waals surface area contributed by atoms with Crippen molar-refractivity contribution in [1.82, 2.24) is 4.90 Å². The lowest BCUT2D eigenvalue weighted by molar-refractivity contribution is -0.148. The van der Waals surface area contributed by atoms with Crippen LogP contribution in [0.2, 0.25) is 0 Å². The number of rotatable bonds is 5. The summed E-state index contributed by atoms with van der Waals surface area (Å²) in [6, 6.07) is 3.21. The molecule has 1 N–H and O–H groups in total. The fourth-order valence-electron chi connectivity index (χ4n) is 1.68. The van der Waals surface area contributed by atoms with Crippen LogP contribution in [0, 0.1) is 11.6 Å². The van der Waals surface area contributed by atoms with Gasteiger partial charge in [0.15, 0.2) is 11.6 Å². The van der Waals surface area contributed by atoms with Crippen LogP contribution in [0.5, 0.6) is 0 Å². The molecule has 1 unspecified atom stereocenters. The van der Waals surface area contributed by atoms with Gasteiger partial charge in [-0.15, -0.1) is 0 Å². The third-order valence-electron chi connectivity index (χ3n) is 2.62. The molecular weight excluding hydrogens is 269 g/mol. The molecule has 1 aromatic rings. The quantitative estimate of drug-likeness (QED) is 0.840. The molecule has 0 saturated heterocycles. The zero-order valence-corrected chi connectivity index (χ0v) is 10.2. The maximum absolute atomic E-state index is 13.4. The van der Waals surface area contributed by atoms with Crippen LogP contribution in [0.3, 0.4) is 0 Å². The number of hydrogen-bond donors (Lipinski definition) is 1. The molecule has 1 atom stereocenters. The van der Waals surface area contributed by atoms with Gasteiger partial charge >= 0.3 is 6.18 Å². The van der Waals surface area contributed by atoms with Gasteiger partial charge in [-0.25, -0.2) is 8.78 Å². The van der Waals surface area contributed by atoms with E-state index in [1.54, 1.807) is 0 Å². The molecule has 0 radical (unpaired) electrons. The first-order chi connectivity index (χ1) is 8.74. The third-order valence-corrected chi connectivity index (χ3v) is 2.62. The van der Waals surface area contributed by atoms with Gasteiger partial charge in [0.25, 0.3) is 0 Å². The smallest absolute Gasteiger partial charge is 0.387 e. The van der Waals surface area contributed by atoms with Gasteiger partial charge in [0.1, 0.15) is 0 Å². The van der Waals surface area contributed by atoms with Gasteiger partial charge in [-0.1, -0.05) is 19.1 Å². The van der Waals surface area contributed by atoms with Gasteiger partial charge in [-0.05, 0) is 12.6 Å². The number of aliphatic hydroxyl groups excluding tert-OH is 1. The molecular formula is C12H14F5NO. The number of likely N-dealkylation sites (N-methyl/N-ethyl adjacent to an activating group) is 1. The fraction of sp³-hybridized carbons (Fsp3) is 0.500. The van der Waals surface area contributed by atoms with Gasteiger partial charge < -0.3 is 5.11 Å². The van der Waals surface area contributed by atoms with Crippen molar-refractivity contribution in [3.63, 3.8) is 0 Å². The van der Waals surface area contributed by atoms with E-state index < -0.39 is 37.0 Å². The molecule has 7 heteroatoms. The van der Waals surface area contributed by atoms with E-state index in [0.29, 0.717) is 0 Å². The minimum Gasteiger partial charge on any atom is -0.387 e. The molecule has 1 rings (SSSR count). The van der Waals surface area contributed by atoms with Crippen LogP contribution in [-0.4, -0.2) is 35.8 Å². The lowest BCUT2D eigenvalue weighted by Crippen LogP contribution is -2.37. The molecule has 0 aliphatic heterocycles. The van der Waals surface area contributed by atoms with Crippen molar-refractivity contribution in [2.45, 2.75) is 19.2 Å². The summed E-state index contributed by atoms with van der Waals surface area (Å²) in [5.74, 6) is -2.38. The van der Waals surface area contributed by atoms with Crippen molar-refractivity contribution in [3.8, 4) is 0 Å². The third kappa shape index (κ3) is 4.76. The van der Waals surface area contributed by atoms with Crippen molar-refractivity contribution >= 4 is 0 Å². The van der Waals surface area contributed by atoms with Crippen molar-refractivity contribution in [1.29, 1.82) is 0 Å². The van der Waals surface area contributed by atoms with E-state index in [0.717, 1.165) is 17.0 Å². The molecule has 0 aromatic heterocycles. The van der Waals surface area contributed by atoms with E-state index >= 15 is 0 Å². The predicted molar refractivity (Wildman–Crippen MR) is 59.5 cm³/mol. The minimum atomic E-state index is -4.41. The Hall–Kier alpha value is -1.21. The Bertz CT molecular complexity index is 421. The van der Waals surface area contributed by atoms with Gasteiger partial charge in [-0.2, -0.15) is 13.2 Å². The Labute approximate surface area is 107 Å². The van der Waals surface area contributed by atoms with Crippen LogP contribution in [-0.2, 0) is 0 Å². The molecule has 0 saturated carbocycles. The first-order valence-corrected chi connectivity index (χ1v) is 5.65. The Morgan fingerprint density at radius 2 is 1.89 bits per heavy atom. The minimum absolute atomic E-state index is 0.0352. The second kappa shape index (κ2) is 6.29. The summed E-state index contributed by atoms with van der Waals surface area (Å²) in [7, 11) is 0. The number of alkyl halides is 3. The summed E-state index contributed by atoms with van der Waals surface area (Å²) in [4.78, 5) is 0.912. The SMILES string of the molecule is CCN(CC(O)c1cccc(F)c1F)CC(F)(F)F. The highest BCUT2D eigenvalue weighted by molar-refractivity contribution is 5.21. The average Bonchev–Trinajstić information content (AvgIpc) is 2.29. The van der Waals surface area contributed by atoms with Crippen molar-refractivity contribution in [2.24, 2.45) is 0 Å². The van der Waals surface area contributed by atoms with Gasteiger partial charge in [0.05, 0.1) is 12.6 Å². The van der Waals surface area contributed by atoms with Gasteiger partial charge in [0.2, 0.25) is 0 Å². The van der Waals surface area contributed by atoms with Gasteiger partial charge in [-0.3, -0.25) is 4.90 Å². The normalized spacial score (nSPS) is 13.9. The lowest BCUT2D eigenvalue weighted by Gasteiger charge is -2.24. The second-order valence-electron chi connectivity index (χ2n) is 4.10. The highest BCUT2D eigenvalue weighted by Gasteiger charge is 2.31. The molecule has 0 aliphatic carbocycles. The Balaban J connectivity index is 2.77. The summed E-state index contributed by atoms with van der Waals surface area (Å²) < 4.78 is 63.0. The maximum atomic E-state index is 13.4. The molecule has 19 heavy (non-hydrogen) atoms. The predicted octanol–water partition coefficient (Wildman–Crippen LogP) is 2.88. The molecule has 0 fully saturated rings. The number of halogens is 5. The van der Waals surface area contributed by atoms with Crippen LogP contribution >= 0.6 is 0 Å². The fourth-order valence-corrected chi connectivity index (χ4v) is 1.68. The van der Waals surface area contributed by atoms with Crippen LogP contribution in [0.4, 0.5) is 22.0 Å².